The summed E-state index contributed by atoms with van der Waals surface area (Å²) in [6.07, 6.45) is -0.444. The fourth-order valence-electron chi connectivity index (χ4n) is 2.99. The Morgan fingerprint density at radius 3 is 2.86 bits per heavy atom. The Balaban J connectivity index is 1.87. The van der Waals surface area contributed by atoms with E-state index in [9.17, 15) is 14.7 Å². The largest absolute Gasteiger partial charge is 0.491 e. The molecule has 0 aliphatic heterocycles. The summed E-state index contributed by atoms with van der Waals surface area (Å²) in [4.78, 5) is 30.9. The molecule has 10 nitrogen and oxygen atoms in total. The van der Waals surface area contributed by atoms with Crippen molar-refractivity contribution < 1.29 is 14.9 Å². The quantitative estimate of drug-likeness (QED) is 0.369. The number of aromatic nitrogens is 4. The number of fused-ring (bicyclic) bond motifs is 1. The fraction of sp³-hybridized carbons (Fsp3) is 0.421. The number of hydrogen-bond donors (Lipinski definition) is 4. The molecule has 0 fully saturated rings. The molecule has 10 heteroatoms. The van der Waals surface area contributed by atoms with Gasteiger partial charge in [0.1, 0.15) is 18.5 Å². The van der Waals surface area contributed by atoms with Crippen molar-refractivity contribution in [2.24, 2.45) is 7.05 Å². The molecule has 0 bridgehead atoms. The van der Waals surface area contributed by atoms with E-state index in [1.165, 1.54) is 16.2 Å². The van der Waals surface area contributed by atoms with Crippen molar-refractivity contribution >= 4 is 17.1 Å². The molecule has 1 aromatic carbocycles. The van der Waals surface area contributed by atoms with Gasteiger partial charge in [-0.25, -0.2) is 4.79 Å². The van der Waals surface area contributed by atoms with Crippen LogP contribution in [0.25, 0.3) is 11.2 Å². The Labute approximate surface area is 166 Å². The molecule has 1 atom stereocenters. The summed E-state index contributed by atoms with van der Waals surface area (Å²) in [5, 5.41) is 22.5. The first kappa shape index (κ1) is 20.6. The van der Waals surface area contributed by atoms with Crippen LogP contribution in [0.2, 0.25) is 0 Å². The molecule has 0 saturated heterocycles. The van der Waals surface area contributed by atoms with Crippen molar-refractivity contribution in [3.05, 3.63) is 50.7 Å². The van der Waals surface area contributed by atoms with Crippen molar-refractivity contribution in [3.8, 4) is 5.75 Å². The minimum absolute atomic E-state index is 0.000739. The number of benzene rings is 1. The third-order valence-electron chi connectivity index (χ3n) is 4.45. The van der Waals surface area contributed by atoms with Gasteiger partial charge >= 0.3 is 5.69 Å². The van der Waals surface area contributed by atoms with Gasteiger partial charge in [0, 0.05) is 20.2 Å². The standard InChI is InChI=1S/C19H25N5O5/c1-12-5-3-6-14(9-12)29-11-13(26)10-24-15-16(21-18(24)20-7-4-8-25)23(2)19(28)22-17(15)27/h3,5-6,9,13,25-26H,4,7-8,10-11H2,1-2H3,(H,20,21)(H,22,27,28)/t13-/m1/s1. The maximum atomic E-state index is 12.4. The van der Waals surface area contributed by atoms with Gasteiger partial charge in [-0.05, 0) is 31.0 Å². The van der Waals surface area contributed by atoms with Gasteiger partial charge in [-0.15, -0.1) is 0 Å². The van der Waals surface area contributed by atoms with Crippen LogP contribution in [0.4, 0.5) is 5.95 Å². The molecule has 0 amide bonds. The molecular formula is C19H25N5O5. The first-order valence-corrected chi connectivity index (χ1v) is 9.32. The lowest BCUT2D eigenvalue weighted by Gasteiger charge is -2.16. The zero-order valence-electron chi connectivity index (χ0n) is 16.4. The minimum atomic E-state index is -0.928. The average molecular weight is 403 g/mol. The van der Waals surface area contributed by atoms with Crippen molar-refractivity contribution in [1.82, 2.24) is 19.1 Å². The number of ether oxygens (including phenoxy) is 1. The number of aliphatic hydroxyl groups excluding tert-OH is 2. The number of nitrogens with zero attached hydrogens (tertiary/aromatic N) is 3. The highest BCUT2D eigenvalue weighted by molar-refractivity contribution is 5.74. The van der Waals surface area contributed by atoms with Crippen LogP contribution in [0.15, 0.2) is 33.9 Å². The smallest absolute Gasteiger partial charge is 0.329 e. The number of aromatic amines is 1. The molecule has 3 rings (SSSR count). The summed E-state index contributed by atoms with van der Waals surface area (Å²) in [5.41, 5.74) is 0.265. The van der Waals surface area contributed by atoms with Crippen LogP contribution in [-0.2, 0) is 13.6 Å². The van der Waals surface area contributed by atoms with Gasteiger partial charge in [0.15, 0.2) is 11.2 Å². The van der Waals surface area contributed by atoms with Crippen molar-refractivity contribution in [3.63, 3.8) is 0 Å². The van der Waals surface area contributed by atoms with Gasteiger partial charge in [-0.3, -0.25) is 14.3 Å². The normalized spacial score (nSPS) is 12.3. The zero-order chi connectivity index (χ0) is 21.0. The summed E-state index contributed by atoms with van der Waals surface area (Å²) >= 11 is 0. The second-order valence-electron chi connectivity index (χ2n) is 6.82. The number of aryl methyl sites for hydroxylation is 2. The third-order valence-corrected chi connectivity index (χ3v) is 4.45. The lowest BCUT2D eigenvalue weighted by molar-refractivity contribution is 0.0938. The van der Waals surface area contributed by atoms with Gasteiger partial charge in [0.25, 0.3) is 5.56 Å². The molecule has 0 unspecified atom stereocenters. The molecular weight excluding hydrogens is 378 g/mol. The van der Waals surface area contributed by atoms with Gasteiger partial charge in [0.05, 0.1) is 6.54 Å². The maximum Gasteiger partial charge on any atom is 0.329 e. The van der Waals surface area contributed by atoms with Crippen LogP contribution in [0.5, 0.6) is 5.75 Å². The van der Waals surface area contributed by atoms with E-state index in [1.54, 1.807) is 6.07 Å². The van der Waals surface area contributed by atoms with Gasteiger partial charge in [-0.1, -0.05) is 12.1 Å². The van der Waals surface area contributed by atoms with Gasteiger partial charge in [0.2, 0.25) is 5.95 Å². The topological polar surface area (TPSA) is 134 Å². The van der Waals surface area contributed by atoms with E-state index in [0.29, 0.717) is 24.7 Å². The molecule has 0 aliphatic carbocycles. The molecule has 0 radical (unpaired) electrons. The summed E-state index contributed by atoms with van der Waals surface area (Å²) < 4.78 is 8.40. The molecule has 0 aliphatic rings. The number of imidazole rings is 1. The Morgan fingerprint density at radius 2 is 2.14 bits per heavy atom. The molecule has 4 N–H and O–H groups in total. The number of anilines is 1. The van der Waals surface area contributed by atoms with E-state index < -0.39 is 17.4 Å². The van der Waals surface area contributed by atoms with Crippen molar-refractivity contribution in [1.29, 1.82) is 0 Å². The SMILES string of the molecule is Cc1cccc(OC[C@H](O)Cn2c(NCCCO)nc3c2c(=O)[nH]c(=O)n3C)c1. The van der Waals surface area contributed by atoms with Crippen molar-refractivity contribution in [2.75, 3.05) is 25.1 Å². The van der Waals surface area contributed by atoms with Crippen LogP contribution >= 0.6 is 0 Å². The highest BCUT2D eigenvalue weighted by Gasteiger charge is 2.19. The molecule has 29 heavy (non-hydrogen) atoms. The number of nitrogens with one attached hydrogen (secondary N) is 2. The Morgan fingerprint density at radius 1 is 1.34 bits per heavy atom. The second-order valence-corrected chi connectivity index (χ2v) is 6.82. The van der Waals surface area contributed by atoms with E-state index in [-0.39, 0.29) is 30.9 Å². The lowest BCUT2D eigenvalue weighted by atomic mass is 10.2. The Kier molecular flexibility index (Phi) is 6.35. The second kappa shape index (κ2) is 8.93. The Bertz CT molecular complexity index is 1100. The van der Waals surface area contributed by atoms with Crippen LogP contribution in [0.1, 0.15) is 12.0 Å². The number of aliphatic hydroxyl groups is 2. The molecule has 2 aromatic heterocycles. The molecule has 0 saturated carbocycles. The predicted octanol–water partition coefficient (Wildman–Crippen LogP) is -0.0341. The number of H-pyrrole nitrogens is 1. The van der Waals surface area contributed by atoms with Gasteiger partial charge in [-0.2, -0.15) is 4.98 Å². The van der Waals surface area contributed by atoms with Crippen LogP contribution in [-0.4, -0.2) is 55.2 Å². The summed E-state index contributed by atoms with van der Waals surface area (Å²) in [6, 6.07) is 7.47. The first-order valence-electron chi connectivity index (χ1n) is 9.32. The summed E-state index contributed by atoms with van der Waals surface area (Å²) in [7, 11) is 1.51. The highest BCUT2D eigenvalue weighted by Crippen LogP contribution is 2.17. The zero-order valence-corrected chi connectivity index (χ0v) is 16.4. The fourth-order valence-corrected chi connectivity index (χ4v) is 2.99. The first-order chi connectivity index (χ1) is 13.9. The molecule has 3 aromatic rings. The summed E-state index contributed by atoms with van der Waals surface area (Å²) in [6.45, 7) is 2.41. The highest BCUT2D eigenvalue weighted by atomic mass is 16.5. The minimum Gasteiger partial charge on any atom is -0.491 e. The summed E-state index contributed by atoms with van der Waals surface area (Å²) in [5.74, 6) is 0.968. The van der Waals surface area contributed by atoms with Crippen LogP contribution in [0, 0.1) is 6.92 Å². The van der Waals surface area contributed by atoms with E-state index in [0.717, 1.165) is 5.56 Å². The predicted molar refractivity (Wildman–Crippen MR) is 108 cm³/mol. The Hall–Kier alpha value is -3.11. The monoisotopic (exact) mass is 403 g/mol. The van der Waals surface area contributed by atoms with Crippen molar-refractivity contribution in [2.45, 2.75) is 26.0 Å². The maximum absolute atomic E-state index is 12.4. The third kappa shape index (κ3) is 4.66. The van der Waals surface area contributed by atoms with E-state index in [2.05, 4.69) is 15.3 Å². The molecule has 0 spiro atoms. The van der Waals surface area contributed by atoms with Gasteiger partial charge < -0.3 is 24.8 Å². The van der Waals surface area contributed by atoms with E-state index in [1.807, 2.05) is 25.1 Å². The number of rotatable bonds is 9. The van der Waals surface area contributed by atoms with Crippen LogP contribution in [0.3, 0.4) is 0 Å². The van der Waals surface area contributed by atoms with E-state index in [4.69, 9.17) is 9.84 Å². The van der Waals surface area contributed by atoms with Crippen LogP contribution < -0.4 is 21.3 Å². The number of hydrogen-bond acceptors (Lipinski definition) is 7. The van der Waals surface area contributed by atoms with E-state index >= 15 is 0 Å². The lowest BCUT2D eigenvalue weighted by Crippen LogP contribution is -2.31. The molecule has 156 valence electrons. The average Bonchev–Trinajstić information content (AvgIpc) is 3.04. The molecule has 2 heterocycles.